The lowest BCUT2D eigenvalue weighted by atomic mass is 10.3. The molecular formula is C16H26N4O. The molecule has 0 saturated carbocycles. The van der Waals surface area contributed by atoms with Gasteiger partial charge in [0.1, 0.15) is 5.52 Å². The largest absolute Gasteiger partial charge is 0.423 e. The molecule has 1 aromatic carbocycles. The van der Waals surface area contributed by atoms with Crippen LogP contribution in [0.2, 0.25) is 0 Å². The van der Waals surface area contributed by atoms with Gasteiger partial charge < -0.3 is 20.0 Å². The van der Waals surface area contributed by atoms with Gasteiger partial charge in [0.2, 0.25) is 0 Å². The molecule has 0 saturated heterocycles. The van der Waals surface area contributed by atoms with Crippen molar-refractivity contribution in [2.45, 2.75) is 27.2 Å². The van der Waals surface area contributed by atoms with Gasteiger partial charge in [-0.2, -0.15) is 4.98 Å². The molecule has 5 nitrogen and oxygen atoms in total. The summed E-state index contributed by atoms with van der Waals surface area (Å²) in [5, 5.41) is 0. The smallest absolute Gasteiger partial charge is 0.298 e. The van der Waals surface area contributed by atoms with Crippen LogP contribution in [0.4, 0.5) is 11.7 Å². The third-order valence-electron chi connectivity index (χ3n) is 3.89. The normalized spacial score (nSPS) is 11.4. The number of oxazole rings is 1. The maximum absolute atomic E-state index is 5.94. The van der Waals surface area contributed by atoms with Crippen LogP contribution in [0.15, 0.2) is 22.6 Å². The Morgan fingerprint density at radius 3 is 2.48 bits per heavy atom. The van der Waals surface area contributed by atoms with E-state index in [0.717, 1.165) is 50.2 Å². The summed E-state index contributed by atoms with van der Waals surface area (Å²) in [6, 6.07) is 6.32. The van der Waals surface area contributed by atoms with Crippen molar-refractivity contribution in [1.82, 2.24) is 9.88 Å². The molecule has 0 spiro atoms. The molecule has 5 heteroatoms. The number of hydrogen-bond acceptors (Lipinski definition) is 5. The first-order chi connectivity index (χ1) is 10.2. The second kappa shape index (κ2) is 7.31. The number of nitrogen functional groups attached to an aromatic ring is 1. The highest BCUT2D eigenvalue weighted by Gasteiger charge is 2.14. The fraction of sp³-hybridized carbons (Fsp3) is 0.562. The first-order valence-corrected chi connectivity index (χ1v) is 7.81. The molecule has 1 aromatic heterocycles. The maximum atomic E-state index is 5.94. The van der Waals surface area contributed by atoms with Gasteiger partial charge in [-0.15, -0.1) is 0 Å². The summed E-state index contributed by atoms with van der Waals surface area (Å²) < 4.78 is 5.83. The Morgan fingerprint density at radius 2 is 1.86 bits per heavy atom. The Labute approximate surface area is 126 Å². The fourth-order valence-corrected chi connectivity index (χ4v) is 2.51. The van der Waals surface area contributed by atoms with E-state index < -0.39 is 0 Å². The molecule has 0 radical (unpaired) electrons. The number of fused-ring (bicyclic) bond motifs is 1. The maximum Gasteiger partial charge on any atom is 0.298 e. The Kier molecular flexibility index (Phi) is 5.44. The van der Waals surface area contributed by atoms with E-state index in [0.29, 0.717) is 11.7 Å². The lowest BCUT2D eigenvalue weighted by Crippen LogP contribution is -2.30. The zero-order valence-corrected chi connectivity index (χ0v) is 13.3. The Hall–Kier alpha value is -1.75. The number of aromatic nitrogens is 1. The van der Waals surface area contributed by atoms with Gasteiger partial charge in [0.05, 0.1) is 5.69 Å². The van der Waals surface area contributed by atoms with Gasteiger partial charge in [0, 0.05) is 13.1 Å². The standard InChI is InChI=1S/C16H26N4O/c1-4-19(5-2)11-8-12-20(6-3)16-18-15-13(17)9-7-10-14(15)21-16/h7,9-10H,4-6,8,11-12,17H2,1-3H3. The molecule has 0 unspecified atom stereocenters. The van der Waals surface area contributed by atoms with E-state index in [1.54, 1.807) is 0 Å². The van der Waals surface area contributed by atoms with Gasteiger partial charge in [0.15, 0.2) is 5.58 Å². The minimum absolute atomic E-state index is 0.668. The van der Waals surface area contributed by atoms with Gasteiger partial charge >= 0.3 is 0 Å². The van der Waals surface area contributed by atoms with Crippen molar-refractivity contribution in [3.63, 3.8) is 0 Å². The van der Waals surface area contributed by atoms with Crippen molar-refractivity contribution >= 4 is 22.8 Å². The Bertz CT molecular complexity index is 562. The number of rotatable bonds is 8. The summed E-state index contributed by atoms with van der Waals surface area (Å²) in [7, 11) is 0. The summed E-state index contributed by atoms with van der Waals surface area (Å²) in [4.78, 5) is 9.14. The van der Waals surface area contributed by atoms with Crippen molar-refractivity contribution in [3.05, 3.63) is 18.2 Å². The van der Waals surface area contributed by atoms with Crippen LogP contribution in [-0.4, -0.2) is 42.6 Å². The van der Waals surface area contributed by atoms with Gasteiger partial charge in [-0.1, -0.05) is 19.9 Å². The minimum atomic E-state index is 0.668. The summed E-state index contributed by atoms with van der Waals surface area (Å²) in [5.74, 6) is 0. The molecule has 21 heavy (non-hydrogen) atoms. The number of hydrogen-bond donors (Lipinski definition) is 1. The first kappa shape index (κ1) is 15.6. The number of nitrogens with zero attached hydrogens (tertiary/aromatic N) is 3. The van der Waals surface area contributed by atoms with Crippen molar-refractivity contribution in [1.29, 1.82) is 0 Å². The minimum Gasteiger partial charge on any atom is -0.423 e. The molecule has 1 heterocycles. The topological polar surface area (TPSA) is 58.5 Å². The van der Waals surface area contributed by atoms with Gasteiger partial charge in [-0.3, -0.25) is 0 Å². The monoisotopic (exact) mass is 290 g/mol. The van der Waals surface area contributed by atoms with E-state index in [4.69, 9.17) is 10.2 Å². The summed E-state index contributed by atoms with van der Waals surface area (Å²) in [6.07, 6.45) is 1.10. The van der Waals surface area contributed by atoms with E-state index in [1.165, 1.54) is 0 Å². The lowest BCUT2D eigenvalue weighted by molar-refractivity contribution is 0.300. The molecule has 0 aliphatic carbocycles. The summed E-state index contributed by atoms with van der Waals surface area (Å²) in [6.45, 7) is 11.6. The molecule has 2 N–H and O–H groups in total. The first-order valence-electron chi connectivity index (χ1n) is 7.81. The lowest BCUT2D eigenvalue weighted by Gasteiger charge is -2.22. The molecule has 0 atom stereocenters. The van der Waals surface area contributed by atoms with E-state index in [-0.39, 0.29) is 0 Å². The van der Waals surface area contributed by atoms with Crippen LogP contribution in [0.3, 0.4) is 0 Å². The highest BCUT2D eigenvalue weighted by molar-refractivity contribution is 5.86. The highest BCUT2D eigenvalue weighted by Crippen LogP contribution is 2.25. The molecule has 2 aromatic rings. The molecule has 0 bridgehead atoms. The molecule has 0 aliphatic heterocycles. The molecule has 0 amide bonds. The molecule has 0 fully saturated rings. The summed E-state index contributed by atoms with van der Waals surface area (Å²) in [5.41, 5.74) is 8.12. The van der Waals surface area contributed by atoms with Crippen LogP contribution in [0.1, 0.15) is 27.2 Å². The van der Waals surface area contributed by atoms with E-state index in [2.05, 4.69) is 35.6 Å². The van der Waals surface area contributed by atoms with Crippen LogP contribution in [-0.2, 0) is 0 Å². The predicted molar refractivity (Wildman–Crippen MR) is 88.7 cm³/mol. The van der Waals surface area contributed by atoms with Gasteiger partial charge in [0.25, 0.3) is 6.01 Å². The number of anilines is 2. The highest BCUT2D eigenvalue weighted by atomic mass is 16.4. The van der Waals surface area contributed by atoms with E-state index >= 15 is 0 Å². The second-order valence-corrected chi connectivity index (χ2v) is 5.15. The average molecular weight is 290 g/mol. The molecule has 2 rings (SSSR count). The van der Waals surface area contributed by atoms with Gasteiger partial charge in [-0.05, 0) is 45.1 Å². The fourth-order valence-electron chi connectivity index (χ4n) is 2.51. The van der Waals surface area contributed by atoms with Crippen molar-refractivity contribution in [2.24, 2.45) is 0 Å². The number of para-hydroxylation sites is 1. The summed E-state index contributed by atoms with van der Waals surface area (Å²) >= 11 is 0. The van der Waals surface area contributed by atoms with E-state index in [1.807, 2.05) is 18.2 Å². The predicted octanol–water partition coefficient (Wildman–Crippen LogP) is 2.97. The van der Waals surface area contributed by atoms with Crippen LogP contribution >= 0.6 is 0 Å². The van der Waals surface area contributed by atoms with Crippen LogP contribution in [0, 0.1) is 0 Å². The Morgan fingerprint density at radius 1 is 1.10 bits per heavy atom. The average Bonchev–Trinajstić information content (AvgIpc) is 2.93. The van der Waals surface area contributed by atoms with Crippen molar-refractivity contribution in [3.8, 4) is 0 Å². The zero-order valence-electron chi connectivity index (χ0n) is 13.3. The third kappa shape index (κ3) is 3.67. The van der Waals surface area contributed by atoms with Gasteiger partial charge in [-0.25, -0.2) is 0 Å². The number of benzene rings is 1. The molecule has 0 aliphatic rings. The molecular weight excluding hydrogens is 264 g/mol. The Balaban J connectivity index is 2.04. The van der Waals surface area contributed by atoms with Crippen LogP contribution in [0.5, 0.6) is 0 Å². The second-order valence-electron chi connectivity index (χ2n) is 5.15. The van der Waals surface area contributed by atoms with E-state index in [9.17, 15) is 0 Å². The van der Waals surface area contributed by atoms with Crippen molar-refractivity contribution < 1.29 is 4.42 Å². The zero-order chi connectivity index (χ0) is 15.2. The number of nitrogens with two attached hydrogens (primary N) is 1. The quantitative estimate of drug-likeness (QED) is 0.757. The van der Waals surface area contributed by atoms with Crippen LogP contribution < -0.4 is 10.6 Å². The van der Waals surface area contributed by atoms with Crippen molar-refractivity contribution in [2.75, 3.05) is 43.4 Å². The third-order valence-corrected chi connectivity index (χ3v) is 3.89. The molecule has 116 valence electrons. The van der Waals surface area contributed by atoms with Crippen LogP contribution in [0.25, 0.3) is 11.1 Å². The SMILES string of the molecule is CCN(CC)CCCN(CC)c1nc2c(N)cccc2o1.